The standard InChI is InChI=1S/C31H30N2O6/c1-6-39-30(38)23-17(4)20-21-24(28(36)32(26(21)34)18-13-9-7-11-15(18)2)31(23,5)25-22(20)27(35)33(29(25)37)19-14-10-8-12-16(19)3/h7-14,20-22,24-25H,6H2,1-5H3/t20?,21-,22-,24-,25+,31?/m1/s1. The predicted octanol–water partition coefficient (Wildman–Crippen LogP) is 3.74. The van der Waals surface area contributed by atoms with Crippen LogP contribution in [0.25, 0.3) is 0 Å². The molecule has 7 rings (SSSR count). The molecular weight excluding hydrogens is 496 g/mol. The number of nitrogens with zero attached hydrogens (tertiary/aromatic N) is 2. The van der Waals surface area contributed by atoms with Crippen LogP contribution < -0.4 is 9.80 Å². The van der Waals surface area contributed by atoms with E-state index in [1.54, 1.807) is 45.0 Å². The number of esters is 1. The van der Waals surface area contributed by atoms with Crippen LogP contribution in [0.3, 0.4) is 0 Å². The van der Waals surface area contributed by atoms with E-state index in [4.69, 9.17) is 4.74 Å². The van der Waals surface area contributed by atoms with E-state index in [-0.39, 0.29) is 12.2 Å². The summed E-state index contributed by atoms with van der Waals surface area (Å²) in [7, 11) is 0. The van der Waals surface area contributed by atoms with Crippen molar-refractivity contribution in [3.8, 4) is 0 Å². The fourth-order valence-electron chi connectivity index (χ4n) is 7.91. The van der Waals surface area contributed by atoms with Gasteiger partial charge >= 0.3 is 5.97 Å². The van der Waals surface area contributed by atoms with Crippen LogP contribution in [-0.4, -0.2) is 36.2 Å². The van der Waals surface area contributed by atoms with Crippen LogP contribution in [0.1, 0.15) is 31.9 Å². The lowest BCUT2D eigenvalue weighted by Crippen LogP contribution is -2.61. The summed E-state index contributed by atoms with van der Waals surface area (Å²) in [4.78, 5) is 72.6. The molecule has 3 fully saturated rings. The Labute approximate surface area is 226 Å². The maximum absolute atomic E-state index is 14.2. The third kappa shape index (κ3) is 3.03. The van der Waals surface area contributed by atoms with Gasteiger partial charge in [-0.25, -0.2) is 14.6 Å². The molecule has 0 N–H and O–H groups in total. The summed E-state index contributed by atoms with van der Waals surface area (Å²) in [5.41, 5.74) is 1.85. The Balaban J connectivity index is 1.57. The molecular formula is C31H30N2O6. The number of imide groups is 2. The molecule has 0 aromatic heterocycles. The summed E-state index contributed by atoms with van der Waals surface area (Å²) >= 11 is 0. The Morgan fingerprint density at radius 2 is 1.18 bits per heavy atom. The third-order valence-electron chi connectivity index (χ3n) is 9.39. The summed E-state index contributed by atoms with van der Waals surface area (Å²) in [6, 6.07) is 14.3. The number of allylic oxidation sites excluding steroid dienone is 1. The Kier molecular flexibility index (Phi) is 5.47. The van der Waals surface area contributed by atoms with Gasteiger partial charge in [0.05, 0.1) is 41.7 Å². The number of rotatable bonds is 4. The molecule has 3 aliphatic carbocycles. The van der Waals surface area contributed by atoms with Gasteiger partial charge in [0.1, 0.15) is 0 Å². The molecule has 2 heterocycles. The second-order valence-electron chi connectivity index (χ2n) is 11.2. The SMILES string of the molecule is CCOC(=O)C1=C(C)C2[C@H]3C(=O)N(c4ccccc4C)C(=O)[C@H]3C1(C)[C@H]1C(=O)N(c3ccccc3C)C(=O)[C@H]21. The quantitative estimate of drug-likeness (QED) is 0.444. The number of carbonyl (C=O) groups is 5. The van der Waals surface area contributed by atoms with E-state index in [0.717, 1.165) is 11.1 Å². The van der Waals surface area contributed by atoms with Gasteiger partial charge in [0, 0.05) is 16.9 Å². The van der Waals surface area contributed by atoms with Gasteiger partial charge in [-0.2, -0.15) is 0 Å². The maximum atomic E-state index is 14.2. The van der Waals surface area contributed by atoms with E-state index in [1.165, 1.54) is 9.80 Å². The Bertz CT molecular complexity index is 1430. The first-order valence-electron chi connectivity index (χ1n) is 13.3. The topological polar surface area (TPSA) is 101 Å². The molecule has 2 aliphatic heterocycles. The monoisotopic (exact) mass is 526 g/mol. The molecule has 2 aromatic carbocycles. The molecule has 5 aliphatic rings. The highest BCUT2D eigenvalue weighted by molar-refractivity contribution is 6.28. The van der Waals surface area contributed by atoms with Crippen LogP contribution in [0.15, 0.2) is 59.7 Å². The fourth-order valence-corrected chi connectivity index (χ4v) is 7.91. The van der Waals surface area contributed by atoms with Crippen molar-refractivity contribution >= 4 is 41.0 Å². The number of anilines is 2. The number of ether oxygens (including phenoxy) is 1. The number of para-hydroxylation sites is 2. The molecule has 2 saturated heterocycles. The third-order valence-corrected chi connectivity index (χ3v) is 9.39. The lowest BCUT2D eigenvalue weighted by Gasteiger charge is -2.55. The van der Waals surface area contributed by atoms with Crippen molar-refractivity contribution in [1.29, 1.82) is 0 Å². The lowest BCUT2D eigenvalue weighted by atomic mass is 9.43. The zero-order valence-corrected chi connectivity index (χ0v) is 22.6. The van der Waals surface area contributed by atoms with Gasteiger partial charge in [0.2, 0.25) is 23.6 Å². The minimum Gasteiger partial charge on any atom is -0.463 e. The molecule has 2 unspecified atom stereocenters. The maximum Gasteiger partial charge on any atom is 0.334 e. The first-order valence-corrected chi connectivity index (χ1v) is 13.3. The Morgan fingerprint density at radius 3 is 1.59 bits per heavy atom. The van der Waals surface area contributed by atoms with Crippen molar-refractivity contribution in [3.63, 3.8) is 0 Å². The molecule has 39 heavy (non-hydrogen) atoms. The van der Waals surface area contributed by atoms with Gasteiger partial charge in [-0.1, -0.05) is 48.9 Å². The molecule has 6 atom stereocenters. The van der Waals surface area contributed by atoms with Crippen molar-refractivity contribution in [3.05, 3.63) is 70.8 Å². The van der Waals surface area contributed by atoms with Crippen LogP contribution in [0.5, 0.6) is 0 Å². The number of carbonyl (C=O) groups excluding carboxylic acids is 5. The van der Waals surface area contributed by atoms with Gasteiger partial charge < -0.3 is 4.74 Å². The molecule has 2 aromatic rings. The predicted molar refractivity (Wildman–Crippen MR) is 142 cm³/mol. The molecule has 0 radical (unpaired) electrons. The summed E-state index contributed by atoms with van der Waals surface area (Å²) in [5.74, 6) is -6.77. The van der Waals surface area contributed by atoms with Crippen LogP contribution in [0, 0.1) is 48.9 Å². The summed E-state index contributed by atoms with van der Waals surface area (Å²) < 4.78 is 5.44. The number of aryl methyl sites for hydroxylation is 2. The van der Waals surface area contributed by atoms with Gasteiger partial charge in [-0.05, 0) is 51.0 Å². The van der Waals surface area contributed by atoms with Crippen molar-refractivity contribution in [2.45, 2.75) is 34.6 Å². The second-order valence-corrected chi connectivity index (χ2v) is 11.2. The van der Waals surface area contributed by atoms with Gasteiger partial charge in [0.25, 0.3) is 0 Å². The minimum atomic E-state index is -1.41. The lowest BCUT2D eigenvalue weighted by molar-refractivity contribution is -0.155. The molecule has 0 spiro atoms. The van der Waals surface area contributed by atoms with Crippen LogP contribution in [0.2, 0.25) is 0 Å². The Morgan fingerprint density at radius 1 is 0.744 bits per heavy atom. The van der Waals surface area contributed by atoms with E-state index < -0.39 is 64.6 Å². The molecule has 8 heteroatoms. The van der Waals surface area contributed by atoms with Crippen molar-refractivity contribution in [2.24, 2.45) is 35.0 Å². The first-order chi connectivity index (χ1) is 18.6. The number of amides is 4. The fraction of sp³-hybridized carbons (Fsp3) is 0.387. The first kappa shape index (κ1) is 25.2. The van der Waals surface area contributed by atoms with E-state index in [9.17, 15) is 24.0 Å². The van der Waals surface area contributed by atoms with E-state index >= 15 is 0 Å². The van der Waals surface area contributed by atoms with Crippen LogP contribution in [0.4, 0.5) is 11.4 Å². The molecule has 1 saturated carbocycles. The minimum absolute atomic E-state index is 0.114. The normalized spacial score (nSPS) is 31.3. The highest BCUT2D eigenvalue weighted by atomic mass is 16.5. The van der Waals surface area contributed by atoms with Crippen LogP contribution in [-0.2, 0) is 28.7 Å². The van der Waals surface area contributed by atoms with E-state index in [2.05, 4.69) is 0 Å². The highest BCUT2D eigenvalue weighted by Crippen LogP contribution is 2.69. The van der Waals surface area contributed by atoms with Gasteiger partial charge in [0.15, 0.2) is 0 Å². The average molecular weight is 527 g/mol. The zero-order chi connectivity index (χ0) is 28.0. The number of benzene rings is 2. The van der Waals surface area contributed by atoms with Crippen molar-refractivity contribution < 1.29 is 28.7 Å². The second kappa shape index (κ2) is 8.46. The van der Waals surface area contributed by atoms with Gasteiger partial charge in [-0.15, -0.1) is 0 Å². The molecule has 200 valence electrons. The largest absolute Gasteiger partial charge is 0.463 e. The molecule has 8 nitrogen and oxygen atoms in total. The summed E-state index contributed by atoms with van der Waals surface area (Å²) in [6.45, 7) is 8.89. The molecule has 4 amide bonds. The van der Waals surface area contributed by atoms with E-state index in [0.29, 0.717) is 16.9 Å². The highest BCUT2D eigenvalue weighted by Gasteiger charge is 2.77. The number of hydrogen-bond acceptors (Lipinski definition) is 6. The number of hydrogen-bond donors (Lipinski definition) is 0. The van der Waals surface area contributed by atoms with Crippen molar-refractivity contribution in [2.75, 3.05) is 16.4 Å². The van der Waals surface area contributed by atoms with Gasteiger partial charge in [-0.3, -0.25) is 19.2 Å². The summed E-state index contributed by atoms with van der Waals surface area (Å²) in [5, 5.41) is 0. The Hall–Kier alpha value is -4.07. The smallest absolute Gasteiger partial charge is 0.334 e. The molecule has 2 bridgehead atoms. The zero-order valence-electron chi connectivity index (χ0n) is 22.6. The average Bonchev–Trinajstić information content (AvgIpc) is 3.31. The van der Waals surface area contributed by atoms with Crippen LogP contribution >= 0.6 is 0 Å². The van der Waals surface area contributed by atoms with Crippen molar-refractivity contribution in [1.82, 2.24) is 0 Å². The summed E-state index contributed by atoms with van der Waals surface area (Å²) in [6.07, 6.45) is 0. The van der Waals surface area contributed by atoms with E-state index in [1.807, 2.05) is 38.1 Å².